The summed E-state index contributed by atoms with van der Waals surface area (Å²) in [5.41, 5.74) is -2.01. The molecule has 3 saturated carbocycles. The number of carboxylic acid groups (broad SMARTS) is 1. The van der Waals surface area contributed by atoms with Crippen LogP contribution in [0, 0.1) is 28.6 Å². The van der Waals surface area contributed by atoms with Gasteiger partial charge in [0.25, 0.3) is 0 Å². The number of ether oxygens (including phenoxy) is 2. The van der Waals surface area contributed by atoms with Gasteiger partial charge in [0.2, 0.25) is 0 Å². The van der Waals surface area contributed by atoms with Crippen molar-refractivity contribution in [3.05, 3.63) is 11.6 Å². The summed E-state index contributed by atoms with van der Waals surface area (Å²) >= 11 is 0. The SMILES string of the molecule is C[C@]12CCC(=O)C=C1CC[C@@H]1[C@@H]2[C@@H](O)C[C@@]2(C)[C@H]1CC[C@]2(O)C(=O)COC1OC(C(=O)[O-])C(O)C(O)C1O.[Na+]. The zero-order chi connectivity index (χ0) is 27.8. The van der Waals surface area contributed by atoms with Gasteiger partial charge in [0.15, 0.2) is 17.9 Å². The number of allylic oxidation sites excluding steroid dienone is 1. The molecule has 4 aliphatic carbocycles. The van der Waals surface area contributed by atoms with E-state index in [2.05, 4.69) is 6.92 Å². The number of carbonyl (C=O) groups is 3. The van der Waals surface area contributed by atoms with Gasteiger partial charge in [-0.15, -0.1) is 0 Å². The molecule has 1 heterocycles. The van der Waals surface area contributed by atoms with Crippen molar-refractivity contribution in [3.63, 3.8) is 0 Å². The standard InChI is InChI=1S/C27H38O11.Na/c1-25-7-5-13(28)9-12(25)3-4-14-15-6-8-27(36,26(15,2)10-16(29)18(14)25)17(30)11-37-24-21(33)19(31)20(32)22(38-24)23(34)35;/h9,14-16,18-22,24,29,31-33,36H,3-8,10-11H2,1-2H3,(H,34,35);/q;+1/p-1/t14-,15-,16-,18+,19?,20?,21?,22?,24?,25-,26-,27-;/m0./s1. The smallest absolute Gasteiger partial charge is 0.547 e. The Hall–Kier alpha value is -0.730. The topological polar surface area (TPSA) is 194 Å². The average molecular weight is 561 g/mol. The van der Waals surface area contributed by atoms with Crippen LogP contribution in [-0.2, 0) is 23.9 Å². The number of aliphatic carboxylic acids is 1. The Morgan fingerprint density at radius 1 is 1.08 bits per heavy atom. The van der Waals surface area contributed by atoms with Gasteiger partial charge in [-0.3, -0.25) is 9.59 Å². The van der Waals surface area contributed by atoms with Crippen molar-refractivity contribution in [1.29, 1.82) is 0 Å². The molecule has 5 unspecified atom stereocenters. The Morgan fingerprint density at radius 3 is 2.44 bits per heavy atom. The normalized spacial score (nSPS) is 49.2. The Balaban J connectivity index is 0.00000353. The molecular weight excluding hydrogens is 523 g/mol. The molecular formula is C27H37NaO11. The van der Waals surface area contributed by atoms with E-state index in [1.165, 1.54) is 0 Å². The summed E-state index contributed by atoms with van der Waals surface area (Å²) in [6.45, 7) is 3.20. The van der Waals surface area contributed by atoms with Gasteiger partial charge >= 0.3 is 29.6 Å². The number of ketones is 2. The molecule has 0 radical (unpaired) electrons. The number of fused-ring (bicyclic) bond motifs is 5. The molecule has 12 heteroatoms. The minimum atomic E-state index is -1.97. The van der Waals surface area contributed by atoms with Crippen LogP contribution in [0.15, 0.2) is 11.6 Å². The van der Waals surface area contributed by atoms with Crippen LogP contribution < -0.4 is 34.7 Å². The van der Waals surface area contributed by atoms with E-state index >= 15 is 0 Å². The molecule has 0 spiro atoms. The Bertz CT molecular complexity index is 1050. The third kappa shape index (κ3) is 4.70. The molecule has 39 heavy (non-hydrogen) atoms. The third-order valence-corrected chi connectivity index (χ3v) is 10.7. The first kappa shape index (κ1) is 31.2. The van der Waals surface area contributed by atoms with E-state index in [0.717, 1.165) is 18.4 Å². The predicted molar refractivity (Wildman–Crippen MR) is 126 cm³/mol. The maximum Gasteiger partial charge on any atom is 1.00 e. The second kappa shape index (κ2) is 10.8. The molecule has 0 bridgehead atoms. The van der Waals surface area contributed by atoms with E-state index < -0.39 is 66.2 Å². The molecule has 0 amide bonds. The van der Waals surface area contributed by atoms with E-state index in [1.807, 2.05) is 6.92 Å². The molecule has 11 nitrogen and oxygen atoms in total. The van der Waals surface area contributed by atoms with Crippen LogP contribution >= 0.6 is 0 Å². The van der Waals surface area contributed by atoms with Crippen LogP contribution in [0.4, 0.5) is 0 Å². The molecule has 5 rings (SSSR count). The van der Waals surface area contributed by atoms with Gasteiger partial charge in [-0.1, -0.05) is 19.4 Å². The van der Waals surface area contributed by atoms with Crippen LogP contribution in [0.3, 0.4) is 0 Å². The molecule has 212 valence electrons. The number of Topliss-reactive ketones (excluding diaryl/α,β-unsaturated/α-hetero) is 1. The number of carboxylic acids is 1. The van der Waals surface area contributed by atoms with Crippen molar-refractivity contribution in [2.24, 2.45) is 28.6 Å². The molecule has 12 atom stereocenters. The van der Waals surface area contributed by atoms with Gasteiger partial charge in [0, 0.05) is 11.8 Å². The van der Waals surface area contributed by atoms with Crippen LogP contribution in [0.1, 0.15) is 58.8 Å². The van der Waals surface area contributed by atoms with Crippen LogP contribution in [0.5, 0.6) is 0 Å². The first-order valence-corrected chi connectivity index (χ1v) is 13.4. The van der Waals surface area contributed by atoms with Crippen molar-refractivity contribution >= 4 is 17.5 Å². The summed E-state index contributed by atoms with van der Waals surface area (Å²) in [7, 11) is 0. The van der Waals surface area contributed by atoms with Gasteiger partial charge in [-0.05, 0) is 67.8 Å². The number of aliphatic hydroxyl groups is 5. The van der Waals surface area contributed by atoms with E-state index in [0.29, 0.717) is 19.3 Å². The first-order valence-electron chi connectivity index (χ1n) is 13.4. The van der Waals surface area contributed by atoms with Crippen molar-refractivity contribution in [2.45, 2.75) is 101 Å². The second-order valence-electron chi connectivity index (χ2n) is 12.4. The molecule has 1 saturated heterocycles. The summed E-state index contributed by atoms with van der Waals surface area (Å²) in [6, 6.07) is 0. The van der Waals surface area contributed by atoms with Gasteiger partial charge in [-0.2, -0.15) is 0 Å². The fraction of sp³-hybridized carbons (Fsp3) is 0.815. The van der Waals surface area contributed by atoms with Gasteiger partial charge in [0.05, 0.1) is 12.1 Å². The molecule has 1 aliphatic heterocycles. The fourth-order valence-electron chi connectivity index (χ4n) is 8.61. The number of aliphatic hydroxyl groups excluding tert-OH is 4. The van der Waals surface area contributed by atoms with Gasteiger partial charge < -0.3 is 44.9 Å². The molecule has 5 N–H and O–H groups in total. The Morgan fingerprint density at radius 2 is 1.77 bits per heavy atom. The zero-order valence-electron chi connectivity index (χ0n) is 22.6. The van der Waals surface area contributed by atoms with E-state index in [1.54, 1.807) is 6.08 Å². The summed E-state index contributed by atoms with van der Waals surface area (Å²) < 4.78 is 10.4. The summed E-state index contributed by atoms with van der Waals surface area (Å²) in [6.07, 6.45) is -4.92. The Kier molecular flexibility index (Phi) is 8.67. The largest absolute Gasteiger partial charge is 1.00 e. The predicted octanol–water partition coefficient (Wildman–Crippen LogP) is -4.63. The zero-order valence-corrected chi connectivity index (χ0v) is 24.6. The number of hydrogen-bond donors (Lipinski definition) is 5. The van der Waals surface area contributed by atoms with Crippen LogP contribution in [0.2, 0.25) is 0 Å². The maximum atomic E-state index is 13.5. The third-order valence-electron chi connectivity index (χ3n) is 10.7. The number of rotatable bonds is 5. The molecule has 4 fully saturated rings. The number of hydrogen-bond acceptors (Lipinski definition) is 11. The van der Waals surface area contributed by atoms with Crippen molar-refractivity contribution in [3.8, 4) is 0 Å². The van der Waals surface area contributed by atoms with Crippen molar-refractivity contribution in [2.75, 3.05) is 6.61 Å². The minimum Gasteiger partial charge on any atom is -0.547 e. The first-order chi connectivity index (χ1) is 17.7. The second-order valence-corrected chi connectivity index (χ2v) is 12.4. The maximum absolute atomic E-state index is 13.5. The molecule has 0 aromatic rings. The van der Waals surface area contributed by atoms with Crippen LogP contribution in [0.25, 0.3) is 0 Å². The average Bonchev–Trinajstić information content (AvgIpc) is 3.13. The van der Waals surface area contributed by atoms with Crippen molar-refractivity contribution in [1.82, 2.24) is 0 Å². The van der Waals surface area contributed by atoms with E-state index in [9.17, 15) is 45.0 Å². The molecule has 0 aromatic heterocycles. The monoisotopic (exact) mass is 560 g/mol. The van der Waals surface area contributed by atoms with Crippen LogP contribution in [-0.4, -0.2) is 92.1 Å². The summed E-state index contributed by atoms with van der Waals surface area (Å²) in [5, 5.41) is 64.5. The summed E-state index contributed by atoms with van der Waals surface area (Å²) in [5.74, 6) is -2.46. The van der Waals surface area contributed by atoms with Gasteiger partial charge in [0.1, 0.15) is 36.6 Å². The van der Waals surface area contributed by atoms with E-state index in [-0.39, 0.29) is 71.4 Å². The van der Waals surface area contributed by atoms with E-state index in [4.69, 9.17) is 9.47 Å². The molecule has 0 aromatic carbocycles. The Labute approximate surface area is 248 Å². The fourth-order valence-corrected chi connectivity index (χ4v) is 8.61. The van der Waals surface area contributed by atoms with Gasteiger partial charge in [-0.25, -0.2) is 0 Å². The van der Waals surface area contributed by atoms with Crippen molar-refractivity contribution < 1.29 is 84.1 Å². The quantitative estimate of drug-likeness (QED) is 0.203. The molecule has 5 aliphatic rings. The minimum absolute atomic E-state index is 0. The summed E-state index contributed by atoms with van der Waals surface area (Å²) in [4.78, 5) is 36.8. The number of carbonyl (C=O) groups excluding carboxylic acids is 3.